The number of Topliss-reactive ketones (excluding diaryl/α,β-unsaturated/α-hetero) is 1. The van der Waals surface area contributed by atoms with Gasteiger partial charge in [-0.15, -0.1) is 0 Å². The highest BCUT2D eigenvalue weighted by atomic mass is 16.1. The first-order chi connectivity index (χ1) is 6.92. The number of carbonyl (C=O) groups excluding carboxylic acids is 1. The second kappa shape index (κ2) is 2.67. The van der Waals surface area contributed by atoms with Crippen LogP contribution >= 0.6 is 0 Å². The van der Waals surface area contributed by atoms with Crippen molar-refractivity contribution in [1.82, 2.24) is 0 Å². The molecule has 0 aromatic heterocycles. The third-order valence-electron chi connectivity index (χ3n) is 5.75. The number of hydrogen-bond acceptors (Lipinski definition) is 1. The van der Waals surface area contributed by atoms with Crippen molar-refractivity contribution in [2.24, 2.45) is 28.6 Å². The number of fused-ring (bicyclic) bond motifs is 2. The van der Waals surface area contributed by atoms with Gasteiger partial charge in [0.25, 0.3) is 0 Å². The SMILES string of the molecule is CC1(C)C[C@@H]2[C@@H]3CC[C@](C)(C[C@H]21)C(=O)C3. The van der Waals surface area contributed by atoms with Gasteiger partial charge >= 0.3 is 0 Å². The van der Waals surface area contributed by atoms with Crippen molar-refractivity contribution < 1.29 is 4.79 Å². The van der Waals surface area contributed by atoms with E-state index in [1.807, 2.05) is 0 Å². The van der Waals surface area contributed by atoms with Gasteiger partial charge in [0.1, 0.15) is 5.78 Å². The van der Waals surface area contributed by atoms with E-state index < -0.39 is 0 Å². The van der Waals surface area contributed by atoms with Crippen LogP contribution < -0.4 is 0 Å². The fraction of sp³-hybridized carbons (Fsp3) is 0.929. The van der Waals surface area contributed by atoms with Crippen molar-refractivity contribution in [1.29, 1.82) is 0 Å². The van der Waals surface area contributed by atoms with E-state index in [0.717, 1.165) is 24.2 Å². The lowest BCUT2D eigenvalue weighted by molar-refractivity contribution is -0.131. The highest BCUT2D eigenvalue weighted by Gasteiger charge is 2.58. The molecule has 0 aromatic carbocycles. The lowest BCUT2D eigenvalue weighted by Crippen LogP contribution is -2.46. The van der Waals surface area contributed by atoms with Crippen LogP contribution in [0.1, 0.15) is 52.9 Å². The van der Waals surface area contributed by atoms with E-state index in [0.29, 0.717) is 11.2 Å². The number of ketones is 1. The van der Waals surface area contributed by atoms with Crippen molar-refractivity contribution in [3.8, 4) is 0 Å². The largest absolute Gasteiger partial charge is 0.299 e. The van der Waals surface area contributed by atoms with Crippen LogP contribution in [-0.4, -0.2) is 5.78 Å². The van der Waals surface area contributed by atoms with Gasteiger partial charge in [0.15, 0.2) is 0 Å². The Labute approximate surface area is 92.6 Å². The number of rotatable bonds is 0. The summed E-state index contributed by atoms with van der Waals surface area (Å²) >= 11 is 0. The molecule has 1 nitrogen and oxygen atoms in total. The average Bonchev–Trinajstić information content (AvgIpc) is 2.32. The van der Waals surface area contributed by atoms with Gasteiger partial charge in [-0.1, -0.05) is 20.8 Å². The quantitative estimate of drug-likeness (QED) is 0.593. The summed E-state index contributed by atoms with van der Waals surface area (Å²) in [4.78, 5) is 12.1. The van der Waals surface area contributed by atoms with Crippen molar-refractivity contribution in [3.63, 3.8) is 0 Å². The van der Waals surface area contributed by atoms with Gasteiger partial charge in [-0.3, -0.25) is 4.79 Å². The fourth-order valence-electron chi connectivity index (χ4n) is 4.54. The molecule has 1 heteroatoms. The molecule has 0 heterocycles. The molecule has 0 amide bonds. The third-order valence-corrected chi connectivity index (χ3v) is 5.75. The molecule has 0 aromatic rings. The van der Waals surface area contributed by atoms with E-state index in [2.05, 4.69) is 20.8 Å². The second-order valence-electron chi connectivity index (χ2n) is 7.15. The molecule has 4 rings (SSSR count). The summed E-state index contributed by atoms with van der Waals surface area (Å²) in [7, 11) is 0. The number of hydrogen-bond donors (Lipinski definition) is 0. The minimum absolute atomic E-state index is 0.0492. The minimum Gasteiger partial charge on any atom is -0.299 e. The zero-order valence-electron chi connectivity index (χ0n) is 10.2. The predicted molar refractivity (Wildman–Crippen MR) is 60.5 cm³/mol. The third kappa shape index (κ3) is 1.18. The Morgan fingerprint density at radius 2 is 1.93 bits per heavy atom. The van der Waals surface area contributed by atoms with E-state index in [1.165, 1.54) is 25.7 Å². The van der Waals surface area contributed by atoms with Crippen molar-refractivity contribution in [3.05, 3.63) is 0 Å². The lowest BCUT2D eigenvalue weighted by atomic mass is 9.51. The average molecular weight is 206 g/mol. The molecule has 0 saturated heterocycles. The van der Waals surface area contributed by atoms with E-state index in [9.17, 15) is 4.79 Å². The molecule has 0 aliphatic heterocycles. The Morgan fingerprint density at radius 3 is 2.53 bits per heavy atom. The Bertz CT molecular complexity index is 317. The summed E-state index contributed by atoms with van der Waals surface area (Å²) < 4.78 is 0. The van der Waals surface area contributed by atoms with Gasteiger partial charge in [-0.05, 0) is 48.9 Å². The molecule has 4 atom stereocenters. The first kappa shape index (κ1) is 9.86. The fourth-order valence-corrected chi connectivity index (χ4v) is 4.54. The monoisotopic (exact) mass is 206 g/mol. The summed E-state index contributed by atoms with van der Waals surface area (Å²) in [6.07, 6.45) is 5.93. The van der Waals surface area contributed by atoms with Gasteiger partial charge in [0.2, 0.25) is 0 Å². The van der Waals surface area contributed by atoms with Crippen LogP contribution in [0.15, 0.2) is 0 Å². The van der Waals surface area contributed by atoms with E-state index in [4.69, 9.17) is 0 Å². The Morgan fingerprint density at radius 1 is 1.20 bits per heavy atom. The zero-order chi connectivity index (χ0) is 10.8. The molecule has 0 spiro atoms. The predicted octanol–water partition coefficient (Wildman–Crippen LogP) is 3.43. The molecule has 4 fully saturated rings. The summed E-state index contributed by atoms with van der Waals surface area (Å²) in [6, 6.07) is 0. The zero-order valence-corrected chi connectivity index (χ0v) is 10.2. The molecule has 0 unspecified atom stereocenters. The molecular formula is C14H22O. The van der Waals surface area contributed by atoms with E-state index >= 15 is 0 Å². The van der Waals surface area contributed by atoms with Crippen LogP contribution in [0.2, 0.25) is 0 Å². The van der Waals surface area contributed by atoms with E-state index in [1.54, 1.807) is 0 Å². The van der Waals surface area contributed by atoms with Gasteiger partial charge in [0, 0.05) is 11.8 Å². The maximum absolute atomic E-state index is 12.1. The van der Waals surface area contributed by atoms with Crippen LogP contribution in [0.25, 0.3) is 0 Å². The molecule has 4 aliphatic carbocycles. The van der Waals surface area contributed by atoms with Gasteiger partial charge in [0.05, 0.1) is 0 Å². The molecule has 0 radical (unpaired) electrons. The second-order valence-corrected chi connectivity index (χ2v) is 7.15. The molecular weight excluding hydrogens is 184 g/mol. The molecule has 15 heavy (non-hydrogen) atoms. The van der Waals surface area contributed by atoms with Crippen LogP contribution in [0, 0.1) is 28.6 Å². The molecule has 4 aliphatic rings. The maximum Gasteiger partial charge on any atom is 0.139 e. The van der Waals surface area contributed by atoms with Crippen LogP contribution in [0.4, 0.5) is 0 Å². The Hall–Kier alpha value is -0.330. The van der Waals surface area contributed by atoms with Gasteiger partial charge in [-0.2, -0.15) is 0 Å². The lowest BCUT2D eigenvalue weighted by Gasteiger charge is -2.53. The van der Waals surface area contributed by atoms with E-state index in [-0.39, 0.29) is 5.41 Å². The van der Waals surface area contributed by atoms with Crippen molar-refractivity contribution in [2.75, 3.05) is 0 Å². The summed E-state index contributed by atoms with van der Waals surface area (Å²) in [5, 5.41) is 0. The molecule has 2 bridgehead atoms. The van der Waals surface area contributed by atoms with Gasteiger partial charge in [-0.25, -0.2) is 0 Å². The van der Waals surface area contributed by atoms with Gasteiger partial charge < -0.3 is 0 Å². The first-order valence-corrected chi connectivity index (χ1v) is 6.46. The Balaban J connectivity index is 1.96. The van der Waals surface area contributed by atoms with Crippen LogP contribution in [-0.2, 0) is 4.79 Å². The molecule has 4 saturated carbocycles. The smallest absolute Gasteiger partial charge is 0.139 e. The highest BCUT2D eigenvalue weighted by Crippen LogP contribution is 2.64. The first-order valence-electron chi connectivity index (χ1n) is 6.46. The standard InChI is InChI=1S/C14H22O/c1-13(2)7-10-9-4-5-14(3,8-11(10)13)12(15)6-9/h9-11H,4-8H2,1-3H3/t9-,10-,11-,14-/m1/s1. The van der Waals surface area contributed by atoms with Crippen molar-refractivity contribution >= 4 is 5.78 Å². The van der Waals surface area contributed by atoms with Crippen molar-refractivity contribution in [2.45, 2.75) is 52.9 Å². The summed E-state index contributed by atoms with van der Waals surface area (Å²) in [5.74, 6) is 3.03. The molecule has 0 N–H and O–H groups in total. The number of carbonyl (C=O) groups is 1. The maximum atomic E-state index is 12.1. The van der Waals surface area contributed by atoms with Crippen LogP contribution in [0.3, 0.4) is 0 Å². The topological polar surface area (TPSA) is 17.1 Å². The van der Waals surface area contributed by atoms with Crippen LogP contribution in [0.5, 0.6) is 0 Å². The normalized spacial score (nSPS) is 51.9. The minimum atomic E-state index is 0.0492. The Kier molecular flexibility index (Phi) is 1.76. The highest BCUT2D eigenvalue weighted by molar-refractivity contribution is 5.85. The summed E-state index contributed by atoms with van der Waals surface area (Å²) in [5.41, 5.74) is 0.562. The summed E-state index contributed by atoms with van der Waals surface area (Å²) in [6.45, 7) is 7.02. The molecule has 84 valence electrons.